The lowest BCUT2D eigenvalue weighted by molar-refractivity contribution is -0.333. The quantitative estimate of drug-likeness (QED) is 0.771. The van der Waals surface area contributed by atoms with E-state index in [2.05, 4.69) is 0 Å². The molecule has 4 rings (SSSR count). The number of rotatable bonds is 4. The van der Waals surface area contributed by atoms with Crippen LogP contribution in [0.4, 0.5) is 0 Å². The maximum Gasteiger partial charge on any atom is 0.338 e. The Kier molecular flexibility index (Phi) is 5.50. The second-order valence-corrected chi connectivity index (χ2v) is 6.56. The largest absolute Gasteiger partial charge is 0.456 e. The van der Waals surface area contributed by atoms with E-state index in [-0.39, 0.29) is 12.1 Å². The van der Waals surface area contributed by atoms with Crippen LogP contribution in [0.15, 0.2) is 60.7 Å². The van der Waals surface area contributed by atoms with E-state index in [1.165, 1.54) is 0 Å². The molecule has 6 heteroatoms. The van der Waals surface area contributed by atoms with E-state index in [1.54, 1.807) is 31.4 Å². The lowest BCUT2D eigenvalue weighted by Crippen LogP contribution is -2.56. The Morgan fingerprint density at radius 3 is 2.41 bits per heavy atom. The zero-order chi connectivity index (χ0) is 18.6. The minimum absolute atomic E-state index is 0.337. The van der Waals surface area contributed by atoms with E-state index in [0.717, 1.165) is 5.56 Å². The van der Waals surface area contributed by atoms with Crippen molar-refractivity contribution in [2.24, 2.45) is 0 Å². The number of benzene rings is 2. The fourth-order valence-electron chi connectivity index (χ4n) is 3.40. The van der Waals surface area contributed by atoms with Crippen molar-refractivity contribution in [1.29, 1.82) is 0 Å². The van der Waals surface area contributed by atoms with Crippen LogP contribution in [-0.2, 0) is 23.7 Å². The third kappa shape index (κ3) is 4.04. The molecule has 0 radical (unpaired) electrons. The Morgan fingerprint density at radius 1 is 1.00 bits per heavy atom. The molecule has 0 aromatic heterocycles. The summed E-state index contributed by atoms with van der Waals surface area (Å²) in [5.41, 5.74) is 1.42. The van der Waals surface area contributed by atoms with E-state index in [4.69, 9.17) is 23.7 Å². The van der Waals surface area contributed by atoms with Gasteiger partial charge >= 0.3 is 5.97 Å². The maximum atomic E-state index is 12.5. The van der Waals surface area contributed by atoms with Crippen LogP contribution in [0.3, 0.4) is 0 Å². The molecule has 2 aromatic carbocycles. The molecule has 5 atom stereocenters. The topological polar surface area (TPSA) is 63.2 Å². The number of esters is 1. The van der Waals surface area contributed by atoms with E-state index >= 15 is 0 Å². The minimum atomic E-state index is -0.520. The first-order chi connectivity index (χ1) is 13.2. The monoisotopic (exact) mass is 370 g/mol. The summed E-state index contributed by atoms with van der Waals surface area (Å²) in [6.07, 6.45) is -1.87. The Bertz CT molecular complexity index is 750. The average molecular weight is 370 g/mol. The van der Waals surface area contributed by atoms with Crippen molar-refractivity contribution in [3.05, 3.63) is 71.8 Å². The Balaban J connectivity index is 1.51. The maximum absolute atomic E-state index is 12.5. The smallest absolute Gasteiger partial charge is 0.338 e. The highest BCUT2D eigenvalue weighted by atomic mass is 16.7. The molecule has 0 amide bonds. The molecule has 2 aromatic rings. The Labute approximate surface area is 157 Å². The van der Waals surface area contributed by atoms with Gasteiger partial charge in [0.25, 0.3) is 0 Å². The second-order valence-electron chi connectivity index (χ2n) is 6.56. The summed E-state index contributed by atoms with van der Waals surface area (Å²) in [5.74, 6) is -0.387. The molecular weight excluding hydrogens is 348 g/mol. The van der Waals surface area contributed by atoms with Crippen LogP contribution in [0, 0.1) is 0 Å². The minimum Gasteiger partial charge on any atom is -0.456 e. The number of carbonyl (C=O) groups is 1. The summed E-state index contributed by atoms with van der Waals surface area (Å²) < 4.78 is 29.0. The number of carbonyl (C=O) groups excluding carboxylic acids is 1. The molecule has 0 N–H and O–H groups in total. The van der Waals surface area contributed by atoms with Gasteiger partial charge in [-0.15, -0.1) is 0 Å². The summed E-state index contributed by atoms with van der Waals surface area (Å²) in [6.45, 7) is 0.337. The standard InChI is InChI=1S/C21H22O6/c1-23-18-12-16(26-20(22)14-8-4-2-5-9-14)19-17(25-18)13-24-21(27-19)15-10-6-3-7-11-15/h2-11,16-19,21H,12-13H2,1H3/t16-,17-,18+,19+,21-/m0/s1. The highest BCUT2D eigenvalue weighted by Gasteiger charge is 2.46. The van der Waals surface area contributed by atoms with Crippen molar-refractivity contribution in [1.82, 2.24) is 0 Å². The van der Waals surface area contributed by atoms with Crippen molar-refractivity contribution in [3.8, 4) is 0 Å². The van der Waals surface area contributed by atoms with Crippen molar-refractivity contribution in [3.63, 3.8) is 0 Å². The van der Waals surface area contributed by atoms with Crippen LogP contribution in [0.1, 0.15) is 28.6 Å². The number of hydrogen-bond acceptors (Lipinski definition) is 6. The van der Waals surface area contributed by atoms with Gasteiger partial charge in [-0.05, 0) is 12.1 Å². The lowest BCUT2D eigenvalue weighted by atomic mass is 9.99. The molecule has 0 bridgehead atoms. The number of hydrogen-bond donors (Lipinski definition) is 0. The summed E-state index contributed by atoms with van der Waals surface area (Å²) in [7, 11) is 1.57. The second kappa shape index (κ2) is 8.19. The number of fused-ring (bicyclic) bond motifs is 1. The molecule has 0 aliphatic carbocycles. The van der Waals surface area contributed by atoms with Crippen molar-refractivity contribution in [2.45, 2.75) is 37.3 Å². The third-order valence-electron chi connectivity index (χ3n) is 4.78. The molecular formula is C21H22O6. The molecule has 2 saturated heterocycles. The summed E-state index contributed by atoms with van der Waals surface area (Å²) in [4.78, 5) is 12.5. The van der Waals surface area contributed by atoms with Gasteiger partial charge in [-0.2, -0.15) is 0 Å². The molecule has 0 spiro atoms. The van der Waals surface area contributed by atoms with Crippen molar-refractivity contribution >= 4 is 5.97 Å². The fraction of sp³-hybridized carbons (Fsp3) is 0.381. The molecule has 2 aliphatic rings. The third-order valence-corrected chi connectivity index (χ3v) is 4.78. The SMILES string of the molecule is CO[C@H]1C[C@H](OC(=O)c2ccccc2)[C@H]2O[C@@H](c3ccccc3)OC[C@@H]2O1. The van der Waals surface area contributed by atoms with Crippen LogP contribution in [0.5, 0.6) is 0 Å². The molecule has 27 heavy (non-hydrogen) atoms. The molecule has 0 unspecified atom stereocenters. The van der Waals surface area contributed by atoms with Gasteiger partial charge in [0.1, 0.15) is 18.3 Å². The molecule has 2 heterocycles. The summed E-state index contributed by atoms with van der Waals surface area (Å²) >= 11 is 0. The van der Waals surface area contributed by atoms with Crippen LogP contribution in [0.2, 0.25) is 0 Å². The predicted molar refractivity (Wildman–Crippen MR) is 95.9 cm³/mol. The van der Waals surface area contributed by atoms with E-state index in [1.807, 2.05) is 36.4 Å². The highest BCUT2D eigenvalue weighted by molar-refractivity contribution is 5.89. The summed E-state index contributed by atoms with van der Waals surface area (Å²) in [5, 5.41) is 0. The molecule has 2 aliphatic heterocycles. The summed E-state index contributed by atoms with van der Waals surface area (Å²) in [6, 6.07) is 18.6. The molecule has 142 valence electrons. The molecule has 2 fully saturated rings. The molecule has 0 saturated carbocycles. The van der Waals surface area contributed by atoms with Gasteiger partial charge in [0.05, 0.1) is 12.2 Å². The lowest BCUT2D eigenvalue weighted by Gasteiger charge is -2.45. The first-order valence-corrected chi connectivity index (χ1v) is 9.01. The zero-order valence-corrected chi connectivity index (χ0v) is 15.0. The van der Waals surface area contributed by atoms with Gasteiger partial charge in [0.2, 0.25) is 0 Å². The van der Waals surface area contributed by atoms with Crippen molar-refractivity contribution in [2.75, 3.05) is 13.7 Å². The normalized spacial score (nSPS) is 30.3. The predicted octanol–water partition coefficient (Wildman–Crippen LogP) is 3.09. The van der Waals surface area contributed by atoms with Gasteiger partial charge in [-0.3, -0.25) is 0 Å². The van der Waals surface area contributed by atoms with Gasteiger partial charge < -0.3 is 23.7 Å². The molecule has 6 nitrogen and oxygen atoms in total. The first-order valence-electron chi connectivity index (χ1n) is 9.01. The van der Waals surface area contributed by atoms with Crippen LogP contribution in [0.25, 0.3) is 0 Å². The number of methoxy groups -OCH3 is 1. The number of ether oxygens (including phenoxy) is 5. The van der Waals surface area contributed by atoms with Crippen LogP contribution >= 0.6 is 0 Å². The van der Waals surface area contributed by atoms with Crippen molar-refractivity contribution < 1.29 is 28.5 Å². The van der Waals surface area contributed by atoms with Gasteiger partial charge in [-0.25, -0.2) is 4.79 Å². The van der Waals surface area contributed by atoms with E-state index in [9.17, 15) is 4.79 Å². The highest BCUT2D eigenvalue weighted by Crippen LogP contribution is 2.35. The van der Waals surface area contributed by atoms with Gasteiger partial charge in [-0.1, -0.05) is 48.5 Å². The van der Waals surface area contributed by atoms with Gasteiger partial charge in [0, 0.05) is 19.1 Å². The average Bonchev–Trinajstić information content (AvgIpc) is 2.74. The van der Waals surface area contributed by atoms with Crippen LogP contribution in [-0.4, -0.2) is 44.3 Å². The zero-order valence-electron chi connectivity index (χ0n) is 15.0. The Morgan fingerprint density at radius 2 is 1.70 bits per heavy atom. The van der Waals surface area contributed by atoms with Gasteiger partial charge in [0.15, 0.2) is 12.6 Å². The van der Waals surface area contributed by atoms with E-state index in [0.29, 0.717) is 18.6 Å². The van der Waals surface area contributed by atoms with E-state index < -0.39 is 24.8 Å². The van der Waals surface area contributed by atoms with Crippen LogP contribution < -0.4 is 0 Å². The fourth-order valence-corrected chi connectivity index (χ4v) is 3.40. The Hall–Kier alpha value is -2.25. The first kappa shape index (κ1) is 18.1.